The van der Waals surface area contributed by atoms with Crippen LogP contribution < -0.4 is 5.73 Å². The quantitative estimate of drug-likeness (QED) is 0.720. The first-order valence-electron chi connectivity index (χ1n) is 5.15. The second-order valence-corrected chi connectivity index (χ2v) is 4.22. The molecule has 0 aliphatic heterocycles. The Morgan fingerprint density at radius 3 is 3.11 bits per heavy atom. The van der Waals surface area contributed by atoms with Crippen molar-refractivity contribution in [3.8, 4) is 11.5 Å². The molecule has 0 saturated heterocycles. The van der Waals surface area contributed by atoms with E-state index in [9.17, 15) is 0 Å². The van der Waals surface area contributed by atoms with E-state index in [1.165, 1.54) is 11.3 Å². The molecule has 0 aliphatic carbocycles. The van der Waals surface area contributed by atoms with E-state index in [2.05, 4.69) is 25.4 Å². The number of hydrogen-bond donors (Lipinski definition) is 1. The minimum atomic E-state index is 0.355. The second-order valence-electron chi connectivity index (χ2n) is 3.50. The lowest BCUT2D eigenvalue weighted by Gasteiger charge is -1.91. The lowest BCUT2D eigenvalue weighted by molar-refractivity contribution is 0.364. The number of thiazole rings is 1. The standard InChI is InChI=1S/C9H9N7OS/c10-1-6-2-16(15-13-6)3-8-12-9(14-17-8)7-4-18-5-11-7/h2,4-5H,1,3,10H2. The fourth-order valence-electron chi connectivity index (χ4n) is 1.39. The molecule has 18 heavy (non-hydrogen) atoms. The van der Waals surface area contributed by atoms with Gasteiger partial charge in [-0.25, -0.2) is 9.67 Å². The maximum atomic E-state index is 5.45. The molecule has 0 saturated carbocycles. The maximum absolute atomic E-state index is 5.45. The molecule has 0 fully saturated rings. The van der Waals surface area contributed by atoms with Crippen molar-refractivity contribution in [2.24, 2.45) is 5.73 Å². The Labute approximate surface area is 105 Å². The Morgan fingerprint density at radius 1 is 1.44 bits per heavy atom. The van der Waals surface area contributed by atoms with Crippen molar-refractivity contribution in [1.82, 2.24) is 30.1 Å². The summed E-state index contributed by atoms with van der Waals surface area (Å²) in [5.74, 6) is 0.928. The van der Waals surface area contributed by atoms with Crippen LogP contribution in [0.5, 0.6) is 0 Å². The summed E-state index contributed by atoms with van der Waals surface area (Å²) >= 11 is 1.48. The summed E-state index contributed by atoms with van der Waals surface area (Å²) < 4.78 is 6.72. The molecule has 0 bridgehead atoms. The first-order valence-corrected chi connectivity index (χ1v) is 6.09. The average molecular weight is 263 g/mol. The zero-order valence-corrected chi connectivity index (χ0v) is 10.0. The van der Waals surface area contributed by atoms with Crippen molar-refractivity contribution in [1.29, 1.82) is 0 Å². The van der Waals surface area contributed by atoms with Crippen LogP contribution in [-0.4, -0.2) is 30.1 Å². The minimum absolute atomic E-state index is 0.355. The SMILES string of the molecule is NCc1cn(Cc2nc(-c3cscn3)no2)nn1. The predicted molar refractivity (Wildman–Crippen MR) is 62.4 cm³/mol. The van der Waals surface area contributed by atoms with Crippen LogP contribution in [0.15, 0.2) is 21.6 Å². The van der Waals surface area contributed by atoms with Crippen LogP contribution in [0.4, 0.5) is 0 Å². The van der Waals surface area contributed by atoms with E-state index in [0.29, 0.717) is 36.2 Å². The monoisotopic (exact) mass is 263 g/mol. The Morgan fingerprint density at radius 2 is 2.39 bits per heavy atom. The van der Waals surface area contributed by atoms with Crippen molar-refractivity contribution in [3.63, 3.8) is 0 Å². The number of nitrogens with zero attached hydrogens (tertiary/aromatic N) is 6. The van der Waals surface area contributed by atoms with Gasteiger partial charge in [-0.2, -0.15) is 4.98 Å². The van der Waals surface area contributed by atoms with Crippen molar-refractivity contribution in [3.05, 3.63) is 28.7 Å². The molecule has 8 nitrogen and oxygen atoms in total. The molecule has 3 heterocycles. The van der Waals surface area contributed by atoms with Crippen LogP contribution in [0.1, 0.15) is 11.6 Å². The number of nitrogens with two attached hydrogens (primary N) is 1. The van der Waals surface area contributed by atoms with E-state index in [4.69, 9.17) is 10.3 Å². The Balaban J connectivity index is 1.77. The summed E-state index contributed by atoms with van der Waals surface area (Å²) in [6.07, 6.45) is 1.74. The molecule has 0 spiro atoms. The fourth-order valence-corrected chi connectivity index (χ4v) is 1.92. The number of hydrogen-bond acceptors (Lipinski definition) is 8. The summed E-state index contributed by atoms with van der Waals surface area (Å²) in [6.45, 7) is 0.720. The van der Waals surface area contributed by atoms with Crippen molar-refractivity contribution in [2.75, 3.05) is 0 Å². The fraction of sp³-hybridized carbons (Fsp3) is 0.222. The number of rotatable bonds is 4. The lowest BCUT2D eigenvalue weighted by atomic mass is 10.5. The lowest BCUT2D eigenvalue weighted by Crippen LogP contribution is -2.00. The molecule has 0 amide bonds. The van der Waals surface area contributed by atoms with Crippen molar-refractivity contribution >= 4 is 11.3 Å². The summed E-state index contributed by atoms with van der Waals surface area (Å²) in [6, 6.07) is 0. The van der Waals surface area contributed by atoms with Gasteiger partial charge in [0, 0.05) is 11.9 Å². The topological polar surface area (TPSA) is 109 Å². The molecule has 3 aromatic rings. The van der Waals surface area contributed by atoms with E-state index in [1.807, 2.05) is 5.38 Å². The summed E-state index contributed by atoms with van der Waals surface area (Å²) in [5, 5.41) is 13.5. The highest BCUT2D eigenvalue weighted by molar-refractivity contribution is 7.07. The van der Waals surface area contributed by atoms with Crippen LogP contribution in [0, 0.1) is 0 Å². The molecule has 0 aromatic carbocycles. The van der Waals surface area contributed by atoms with Crippen LogP contribution in [0.3, 0.4) is 0 Å². The van der Waals surface area contributed by atoms with E-state index in [-0.39, 0.29) is 0 Å². The van der Waals surface area contributed by atoms with Crippen LogP contribution in [0.25, 0.3) is 11.5 Å². The predicted octanol–water partition coefficient (Wildman–Crippen LogP) is 0.292. The Kier molecular flexibility index (Phi) is 2.82. The summed E-state index contributed by atoms with van der Waals surface area (Å²) in [4.78, 5) is 8.34. The molecule has 9 heteroatoms. The summed E-state index contributed by atoms with van der Waals surface area (Å²) in [5.41, 5.74) is 8.59. The van der Waals surface area contributed by atoms with Gasteiger partial charge >= 0.3 is 0 Å². The van der Waals surface area contributed by atoms with Gasteiger partial charge in [0.05, 0.1) is 17.4 Å². The molecule has 0 atom stereocenters. The normalized spacial score (nSPS) is 10.9. The summed E-state index contributed by atoms with van der Waals surface area (Å²) in [7, 11) is 0. The van der Waals surface area contributed by atoms with Gasteiger partial charge in [0.15, 0.2) is 0 Å². The highest BCUT2D eigenvalue weighted by Crippen LogP contribution is 2.15. The van der Waals surface area contributed by atoms with Crippen LogP contribution >= 0.6 is 11.3 Å². The first-order chi connectivity index (χ1) is 8.85. The van der Waals surface area contributed by atoms with Gasteiger partial charge in [-0.1, -0.05) is 10.4 Å². The van der Waals surface area contributed by atoms with Gasteiger partial charge < -0.3 is 10.3 Å². The van der Waals surface area contributed by atoms with Gasteiger partial charge in [0.2, 0.25) is 11.7 Å². The number of aromatic nitrogens is 6. The average Bonchev–Trinajstić information content (AvgIpc) is 3.10. The largest absolute Gasteiger partial charge is 0.337 e. The highest BCUT2D eigenvalue weighted by atomic mass is 32.1. The van der Waals surface area contributed by atoms with Gasteiger partial charge in [0.25, 0.3) is 0 Å². The molecule has 3 rings (SSSR count). The van der Waals surface area contributed by atoms with E-state index < -0.39 is 0 Å². The molecule has 0 unspecified atom stereocenters. The second kappa shape index (κ2) is 4.63. The first kappa shape index (κ1) is 11.0. The zero-order valence-electron chi connectivity index (χ0n) is 9.22. The maximum Gasteiger partial charge on any atom is 0.248 e. The Bertz CT molecular complexity index is 629. The molecule has 0 aliphatic rings. The van der Waals surface area contributed by atoms with E-state index in [1.54, 1.807) is 16.4 Å². The van der Waals surface area contributed by atoms with Gasteiger partial charge in [-0.05, 0) is 0 Å². The smallest absolute Gasteiger partial charge is 0.248 e. The van der Waals surface area contributed by atoms with Crippen molar-refractivity contribution < 1.29 is 4.52 Å². The molecule has 2 N–H and O–H groups in total. The molecule has 92 valence electrons. The van der Waals surface area contributed by atoms with Crippen LogP contribution in [0.2, 0.25) is 0 Å². The Hall–Kier alpha value is -2.13. The highest BCUT2D eigenvalue weighted by Gasteiger charge is 2.11. The third kappa shape index (κ3) is 2.13. The van der Waals surface area contributed by atoms with Crippen LogP contribution in [-0.2, 0) is 13.1 Å². The minimum Gasteiger partial charge on any atom is -0.337 e. The van der Waals surface area contributed by atoms with Gasteiger partial charge in [-0.15, -0.1) is 16.4 Å². The third-order valence-electron chi connectivity index (χ3n) is 2.22. The molecular weight excluding hydrogens is 254 g/mol. The van der Waals surface area contributed by atoms with E-state index in [0.717, 1.165) is 0 Å². The third-order valence-corrected chi connectivity index (χ3v) is 2.81. The zero-order chi connectivity index (χ0) is 12.4. The molecule has 3 aromatic heterocycles. The van der Waals surface area contributed by atoms with Gasteiger partial charge in [0.1, 0.15) is 12.2 Å². The van der Waals surface area contributed by atoms with Gasteiger partial charge in [-0.3, -0.25) is 0 Å². The van der Waals surface area contributed by atoms with E-state index >= 15 is 0 Å². The van der Waals surface area contributed by atoms with Crippen molar-refractivity contribution in [2.45, 2.75) is 13.1 Å². The molecule has 0 radical (unpaired) electrons. The molecular formula is C9H9N7OS.